The number of fused-ring (bicyclic) bond motifs is 1. The lowest BCUT2D eigenvalue weighted by Gasteiger charge is -2.34. The van der Waals surface area contributed by atoms with Crippen molar-refractivity contribution >= 4 is 22.6 Å². The lowest BCUT2D eigenvalue weighted by molar-refractivity contribution is -0.907. The van der Waals surface area contributed by atoms with Crippen LogP contribution in [-0.2, 0) is 22.4 Å². The molecule has 0 saturated carbocycles. The average molecular weight is 520 g/mol. The first kappa shape index (κ1) is 29.4. The molecule has 204 valence electrons. The Labute approximate surface area is 226 Å². The van der Waals surface area contributed by atoms with Crippen LogP contribution in [0.15, 0.2) is 66.9 Å². The minimum atomic E-state index is -0.687. The summed E-state index contributed by atoms with van der Waals surface area (Å²) in [6, 6.07) is 18.3. The Morgan fingerprint density at radius 1 is 0.921 bits per heavy atom. The van der Waals surface area contributed by atoms with E-state index in [1.165, 1.54) is 0 Å². The van der Waals surface area contributed by atoms with Crippen molar-refractivity contribution in [1.82, 2.24) is 10.3 Å². The van der Waals surface area contributed by atoms with Gasteiger partial charge in [0.2, 0.25) is 5.91 Å². The van der Waals surface area contributed by atoms with Crippen molar-refractivity contribution < 1.29 is 14.1 Å². The number of hydrogen-bond acceptors (Lipinski definition) is 6. The highest BCUT2D eigenvalue weighted by Crippen LogP contribution is 2.15. The van der Waals surface area contributed by atoms with Crippen molar-refractivity contribution in [3.63, 3.8) is 0 Å². The van der Waals surface area contributed by atoms with E-state index in [0.717, 1.165) is 52.6 Å². The highest BCUT2D eigenvalue weighted by Gasteiger charge is 2.25. The number of nitrogens with one attached hydrogen (secondary N) is 1. The van der Waals surface area contributed by atoms with Crippen LogP contribution in [0.4, 0.5) is 0 Å². The number of ketones is 1. The van der Waals surface area contributed by atoms with E-state index in [2.05, 4.69) is 23.4 Å². The molecule has 0 bridgehead atoms. The summed E-state index contributed by atoms with van der Waals surface area (Å²) in [4.78, 5) is 30.9. The molecule has 1 amide bonds. The normalized spacial score (nSPS) is 13.3. The largest absolute Gasteiger partial charge is 0.345 e. The number of nitrogens with zero attached hydrogens (tertiary/aromatic N) is 2. The third kappa shape index (κ3) is 8.99. The van der Waals surface area contributed by atoms with Crippen LogP contribution in [-0.4, -0.2) is 73.0 Å². The zero-order valence-corrected chi connectivity index (χ0v) is 22.5. The minimum absolute atomic E-state index is 0.0272. The first-order valence-corrected chi connectivity index (χ1v) is 13.5. The molecule has 7 N–H and O–H groups in total. The SMILES string of the molecule is C[N+](CCN)(CCN)CCC[C@H](N)C(=O)N[C@@H](CCc1cnc2ccccc2c1)C(=O)Cc1ccccc1. The Morgan fingerprint density at radius 2 is 1.61 bits per heavy atom. The molecule has 38 heavy (non-hydrogen) atoms. The van der Waals surface area contributed by atoms with E-state index in [-0.39, 0.29) is 18.1 Å². The Morgan fingerprint density at radius 3 is 2.32 bits per heavy atom. The van der Waals surface area contributed by atoms with Crippen molar-refractivity contribution in [2.45, 2.75) is 44.2 Å². The smallest absolute Gasteiger partial charge is 0.237 e. The van der Waals surface area contributed by atoms with Gasteiger partial charge in [0.25, 0.3) is 0 Å². The van der Waals surface area contributed by atoms with Crippen LogP contribution in [0.1, 0.15) is 30.4 Å². The molecule has 3 rings (SSSR count). The summed E-state index contributed by atoms with van der Waals surface area (Å²) in [5.74, 6) is -0.319. The molecule has 8 nitrogen and oxygen atoms in total. The summed E-state index contributed by atoms with van der Waals surface area (Å²) in [5.41, 5.74) is 20.7. The highest BCUT2D eigenvalue weighted by atomic mass is 16.2. The predicted octanol–water partition coefficient (Wildman–Crippen LogP) is 1.94. The number of benzene rings is 2. The van der Waals surface area contributed by atoms with Gasteiger partial charge in [0.1, 0.15) is 0 Å². The van der Waals surface area contributed by atoms with Crippen LogP contribution in [0.5, 0.6) is 0 Å². The van der Waals surface area contributed by atoms with E-state index in [1.807, 2.05) is 60.8 Å². The molecular formula is C30H43N6O2+. The molecule has 2 atom stereocenters. The Hall–Kier alpha value is -3.17. The van der Waals surface area contributed by atoms with Crippen LogP contribution >= 0.6 is 0 Å². The molecule has 0 fully saturated rings. The number of hydrogen-bond donors (Lipinski definition) is 4. The van der Waals surface area contributed by atoms with Crippen LogP contribution in [0, 0.1) is 0 Å². The van der Waals surface area contributed by atoms with E-state index in [0.29, 0.717) is 32.4 Å². The number of nitrogens with two attached hydrogens (primary N) is 3. The number of carbonyl (C=O) groups excluding carboxylic acids is 2. The van der Waals surface area contributed by atoms with Crippen molar-refractivity contribution in [3.05, 3.63) is 78.0 Å². The van der Waals surface area contributed by atoms with Crippen LogP contribution in [0.2, 0.25) is 0 Å². The number of rotatable bonds is 16. The Kier molecular flexibility index (Phi) is 11.4. The zero-order chi connectivity index (χ0) is 27.4. The highest BCUT2D eigenvalue weighted by molar-refractivity contribution is 5.92. The fourth-order valence-corrected chi connectivity index (χ4v) is 4.86. The number of aryl methyl sites for hydroxylation is 1. The van der Waals surface area contributed by atoms with Crippen molar-refractivity contribution in [1.29, 1.82) is 0 Å². The number of aromatic nitrogens is 1. The zero-order valence-electron chi connectivity index (χ0n) is 22.5. The van der Waals surface area contributed by atoms with Crippen molar-refractivity contribution in [2.24, 2.45) is 17.2 Å². The van der Waals surface area contributed by atoms with E-state index in [1.54, 1.807) is 0 Å². The van der Waals surface area contributed by atoms with Gasteiger partial charge in [-0.2, -0.15) is 0 Å². The Bertz CT molecular complexity index is 1160. The molecule has 0 spiro atoms. The molecule has 0 saturated heterocycles. The van der Waals surface area contributed by atoms with Gasteiger partial charge >= 0.3 is 0 Å². The first-order valence-electron chi connectivity index (χ1n) is 13.5. The van der Waals surface area contributed by atoms with Crippen molar-refractivity contribution in [3.8, 4) is 0 Å². The summed E-state index contributed by atoms with van der Waals surface area (Å²) >= 11 is 0. The van der Waals surface area contributed by atoms with Gasteiger partial charge in [-0.1, -0.05) is 48.5 Å². The molecule has 1 aromatic heterocycles. The van der Waals surface area contributed by atoms with Gasteiger partial charge in [-0.3, -0.25) is 14.6 Å². The molecule has 1 heterocycles. The third-order valence-corrected chi connectivity index (χ3v) is 7.18. The average Bonchev–Trinajstić information content (AvgIpc) is 2.91. The summed E-state index contributed by atoms with van der Waals surface area (Å²) < 4.78 is 0.763. The quantitative estimate of drug-likeness (QED) is 0.214. The van der Waals surface area contributed by atoms with E-state index >= 15 is 0 Å². The number of pyridine rings is 1. The maximum atomic E-state index is 13.3. The Balaban J connectivity index is 1.63. The van der Waals surface area contributed by atoms with Gasteiger partial charge in [-0.05, 0) is 48.9 Å². The molecule has 0 aliphatic rings. The second kappa shape index (κ2) is 14.7. The fraction of sp³-hybridized carbons (Fsp3) is 0.433. The molecule has 2 aromatic carbocycles. The summed E-state index contributed by atoms with van der Waals surface area (Å²) in [7, 11) is 2.13. The fourth-order valence-electron chi connectivity index (χ4n) is 4.86. The second-order valence-electron chi connectivity index (χ2n) is 10.4. The molecule has 0 unspecified atom stereocenters. The first-order chi connectivity index (χ1) is 18.3. The van der Waals surface area contributed by atoms with E-state index in [4.69, 9.17) is 17.2 Å². The third-order valence-electron chi connectivity index (χ3n) is 7.18. The van der Waals surface area contributed by atoms with Gasteiger partial charge in [0, 0.05) is 31.1 Å². The number of amides is 1. The van der Waals surface area contributed by atoms with Gasteiger partial charge < -0.3 is 27.0 Å². The van der Waals surface area contributed by atoms with Gasteiger partial charge in [0.05, 0.1) is 44.3 Å². The van der Waals surface area contributed by atoms with Gasteiger partial charge in [-0.15, -0.1) is 0 Å². The number of likely N-dealkylation sites (N-methyl/N-ethyl adjacent to an activating group) is 1. The van der Waals surface area contributed by atoms with Crippen LogP contribution < -0.4 is 22.5 Å². The van der Waals surface area contributed by atoms with Crippen molar-refractivity contribution in [2.75, 3.05) is 39.8 Å². The van der Waals surface area contributed by atoms with E-state index < -0.39 is 12.1 Å². The molecule has 3 aromatic rings. The maximum Gasteiger partial charge on any atom is 0.237 e. The summed E-state index contributed by atoms with van der Waals surface area (Å²) in [6.45, 7) is 3.68. The summed E-state index contributed by atoms with van der Waals surface area (Å²) in [5, 5.41) is 4.02. The maximum absolute atomic E-state index is 13.3. The molecule has 0 aliphatic heterocycles. The van der Waals surface area contributed by atoms with E-state index in [9.17, 15) is 9.59 Å². The number of carbonyl (C=O) groups is 2. The number of Topliss-reactive ketones (excluding diaryl/α,β-unsaturated/α-hetero) is 1. The monoisotopic (exact) mass is 519 g/mol. The molecule has 8 heteroatoms. The van der Waals surface area contributed by atoms with Gasteiger partial charge in [0.15, 0.2) is 5.78 Å². The standard InChI is InChI=1S/C30H42N6O2/c1-36(18-15-31,19-16-32)17-7-11-26(33)30(38)35-28(29(37)21-23-8-3-2-4-9-23)14-13-24-20-25-10-5-6-12-27(25)34-22-24/h2-6,8-10,12,20,22,26,28H,7,11,13-19,21,31-33H2,1H3/p+1/t26-,28-/m0/s1. The second-order valence-corrected chi connectivity index (χ2v) is 10.4. The molecular weight excluding hydrogens is 476 g/mol. The van der Waals surface area contributed by atoms with Crippen LogP contribution in [0.3, 0.4) is 0 Å². The predicted molar refractivity (Wildman–Crippen MR) is 153 cm³/mol. The van der Waals surface area contributed by atoms with Gasteiger partial charge in [-0.25, -0.2) is 0 Å². The molecule has 0 radical (unpaired) electrons. The lowest BCUT2D eigenvalue weighted by Crippen LogP contribution is -2.52. The number of quaternary nitrogens is 1. The minimum Gasteiger partial charge on any atom is -0.345 e. The molecule has 0 aliphatic carbocycles. The lowest BCUT2D eigenvalue weighted by atomic mass is 9.97. The summed E-state index contributed by atoms with van der Waals surface area (Å²) in [6.07, 6.45) is 4.50. The number of para-hydroxylation sites is 1. The van der Waals surface area contributed by atoms with Crippen LogP contribution in [0.25, 0.3) is 10.9 Å². The topological polar surface area (TPSA) is 137 Å².